The summed E-state index contributed by atoms with van der Waals surface area (Å²) in [4.78, 5) is 0. The van der Waals surface area contributed by atoms with Crippen LogP contribution in [-0.2, 0) is 6.54 Å². The summed E-state index contributed by atoms with van der Waals surface area (Å²) in [6.07, 6.45) is 0. The lowest BCUT2D eigenvalue weighted by molar-refractivity contribution is 0.405. The molecule has 0 heterocycles. The van der Waals surface area contributed by atoms with E-state index in [0.29, 0.717) is 22.3 Å². The van der Waals surface area contributed by atoms with E-state index in [0.717, 1.165) is 11.1 Å². The molecule has 0 aliphatic rings. The molecule has 0 spiro atoms. The minimum Gasteiger partial charge on any atom is -0.507 e. The van der Waals surface area contributed by atoms with Gasteiger partial charge in [0, 0.05) is 24.2 Å². The summed E-state index contributed by atoms with van der Waals surface area (Å²) < 4.78 is 5.06. The molecule has 0 radical (unpaired) electrons. The average Bonchev–Trinajstić information content (AvgIpc) is 2.48. The SMILES string of the molecule is COc1ccc(CNC(C)c2ccc(Cl)c(Cl)c2)c(O)c1. The molecule has 0 amide bonds. The zero-order valence-corrected chi connectivity index (χ0v) is 13.4. The number of phenolic OH excluding ortho intramolecular Hbond substituents is 1. The van der Waals surface area contributed by atoms with Crippen LogP contribution in [0.25, 0.3) is 0 Å². The highest BCUT2D eigenvalue weighted by Gasteiger charge is 2.09. The van der Waals surface area contributed by atoms with Crippen molar-refractivity contribution in [3.63, 3.8) is 0 Å². The van der Waals surface area contributed by atoms with Crippen molar-refractivity contribution in [2.24, 2.45) is 0 Å². The van der Waals surface area contributed by atoms with Gasteiger partial charge in [0.1, 0.15) is 11.5 Å². The van der Waals surface area contributed by atoms with E-state index in [9.17, 15) is 5.11 Å². The van der Waals surface area contributed by atoms with Crippen molar-refractivity contribution in [3.8, 4) is 11.5 Å². The Kier molecular flexibility index (Phi) is 5.34. The smallest absolute Gasteiger partial charge is 0.123 e. The second-order valence-electron chi connectivity index (χ2n) is 4.77. The van der Waals surface area contributed by atoms with Gasteiger partial charge in [0.05, 0.1) is 17.2 Å². The van der Waals surface area contributed by atoms with Gasteiger partial charge in [0.25, 0.3) is 0 Å². The molecule has 0 fully saturated rings. The molecule has 2 N–H and O–H groups in total. The van der Waals surface area contributed by atoms with E-state index < -0.39 is 0 Å². The van der Waals surface area contributed by atoms with Crippen LogP contribution in [0.4, 0.5) is 0 Å². The van der Waals surface area contributed by atoms with E-state index in [1.54, 1.807) is 19.2 Å². The Morgan fingerprint density at radius 3 is 2.52 bits per heavy atom. The number of benzene rings is 2. The molecule has 0 aliphatic heterocycles. The van der Waals surface area contributed by atoms with Crippen molar-refractivity contribution in [3.05, 3.63) is 57.6 Å². The van der Waals surface area contributed by atoms with Crippen LogP contribution < -0.4 is 10.1 Å². The first-order valence-corrected chi connectivity index (χ1v) is 7.31. The molecule has 112 valence electrons. The number of hydrogen-bond acceptors (Lipinski definition) is 3. The number of ether oxygens (including phenoxy) is 1. The Bertz CT molecular complexity index is 632. The molecule has 0 bridgehead atoms. The first-order chi connectivity index (χ1) is 10.0. The summed E-state index contributed by atoms with van der Waals surface area (Å²) in [7, 11) is 1.57. The van der Waals surface area contributed by atoms with Crippen LogP contribution >= 0.6 is 23.2 Å². The van der Waals surface area contributed by atoms with E-state index in [1.165, 1.54) is 0 Å². The molecular weight excluding hydrogens is 309 g/mol. The number of hydrogen-bond donors (Lipinski definition) is 2. The Balaban J connectivity index is 2.03. The van der Waals surface area contributed by atoms with Crippen LogP contribution in [0.5, 0.6) is 11.5 Å². The third-order valence-corrected chi connectivity index (χ3v) is 4.07. The van der Waals surface area contributed by atoms with Gasteiger partial charge >= 0.3 is 0 Å². The molecule has 0 aliphatic carbocycles. The Morgan fingerprint density at radius 2 is 1.90 bits per heavy atom. The molecule has 0 saturated carbocycles. The molecule has 3 nitrogen and oxygen atoms in total. The molecule has 5 heteroatoms. The largest absolute Gasteiger partial charge is 0.507 e. The van der Waals surface area contributed by atoms with Gasteiger partial charge in [-0.2, -0.15) is 0 Å². The van der Waals surface area contributed by atoms with Crippen LogP contribution in [0.2, 0.25) is 10.0 Å². The minimum atomic E-state index is 0.0845. The molecule has 2 rings (SSSR count). The van der Waals surface area contributed by atoms with Crippen LogP contribution in [0.1, 0.15) is 24.1 Å². The maximum Gasteiger partial charge on any atom is 0.123 e. The Hall–Kier alpha value is -1.42. The highest BCUT2D eigenvalue weighted by molar-refractivity contribution is 6.42. The minimum absolute atomic E-state index is 0.0845. The molecule has 21 heavy (non-hydrogen) atoms. The summed E-state index contributed by atoms with van der Waals surface area (Å²) >= 11 is 11.9. The number of methoxy groups -OCH3 is 1. The molecule has 0 aromatic heterocycles. The summed E-state index contributed by atoms with van der Waals surface area (Å²) in [5.41, 5.74) is 1.85. The summed E-state index contributed by atoms with van der Waals surface area (Å²) in [5, 5.41) is 14.3. The number of nitrogens with one attached hydrogen (secondary N) is 1. The lowest BCUT2D eigenvalue weighted by Gasteiger charge is -2.16. The average molecular weight is 326 g/mol. The van der Waals surface area contributed by atoms with E-state index >= 15 is 0 Å². The fraction of sp³-hybridized carbons (Fsp3) is 0.250. The monoisotopic (exact) mass is 325 g/mol. The summed E-state index contributed by atoms with van der Waals surface area (Å²) in [6.45, 7) is 2.57. The van der Waals surface area contributed by atoms with Crippen molar-refractivity contribution in [2.75, 3.05) is 7.11 Å². The quantitative estimate of drug-likeness (QED) is 0.846. The van der Waals surface area contributed by atoms with Gasteiger partial charge in [-0.25, -0.2) is 0 Å². The van der Waals surface area contributed by atoms with E-state index in [1.807, 2.05) is 31.2 Å². The van der Waals surface area contributed by atoms with Crippen molar-refractivity contribution in [1.29, 1.82) is 0 Å². The third-order valence-electron chi connectivity index (χ3n) is 3.33. The predicted molar refractivity (Wildman–Crippen MR) is 86.4 cm³/mol. The molecular formula is C16H17Cl2NO2. The maximum absolute atomic E-state index is 9.93. The summed E-state index contributed by atoms with van der Waals surface area (Å²) in [6, 6.07) is 10.9. The van der Waals surface area contributed by atoms with Gasteiger partial charge in [-0.05, 0) is 30.7 Å². The van der Waals surface area contributed by atoms with Gasteiger partial charge in [-0.3, -0.25) is 0 Å². The summed E-state index contributed by atoms with van der Waals surface area (Å²) in [5.74, 6) is 0.844. The van der Waals surface area contributed by atoms with Gasteiger partial charge in [-0.15, -0.1) is 0 Å². The normalized spacial score (nSPS) is 12.2. The molecule has 0 saturated heterocycles. The van der Waals surface area contributed by atoms with E-state index in [-0.39, 0.29) is 11.8 Å². The zero-order valence-electron chi connectivity index (χ0n) is 11.9. The van der Waals surface area contributed by atoms with Crippen molar-refractivity contribution < 1.29 is 9.84 Å². The van der Waals surface area contributed by atoms with Crippen LogP contribution in [0, 0.1) is 0 Å². The molecule has 2 aromatic rings. The first kappa shape index (κ1) is 16.0. The molecule has 2 aromatic carbocycles. The van der Waals surface area contributed by atoms with Crippen LogP contribution in [-0.4, -0.2) is 12.2 Å². The van der Waals surface area contributed by atoms with Crippen molar-refractivity contribution in [1.82, 2.24) is 5.32 Å². The van der Waals surface area contributed by atoms with Crippen LogP contribution in [0.15, 0.2) is 36.4 Å². The number of rotatable bonds is 5. The van der Waals surface area contributed by atoms with Gasteiger partial charge < -0.3 is 15.2 Å². The Labute approximate surface area is 134 Å². The second-order valence-corrected chi connectivity index (χ2v) is 5.59. The van der Waals surface area contributed by atoms with Gasteiger partial charge in [0.2, 0.25) is 0 Å². The lowest BCUT2D eigenvalue weighted by atomic mass is 10.1. The molecule has 1 atom stereocenters. The maximum atomic E-state index is 9.93. The number of aromatic hydroxyl groups is 1. The van der Waals surface area contributed by atoms with Crippen molar-refractivity contribution >= 4 is 23.2 Å². The predicted octanol–water partition coefficient (Wildman–Crippen LogP) is 4.56. The second kappa shape index (κ2) is 7.03. The third kappa shape index (κ3) is 4.03. The van der Waals surface area contributed by atoms with Gasteiger partial charge in [0.15, 0.2) is 0 Å². The highest BCUT2D eigenvalue weighted by atomic mass is 35.5. The van der Waals surface area contributed by atoms with E-state index in [4.69, 9.17) is 27.9 Å². The zero-order chi connectivity index (χ0) is 15.4. The Morgan fingerprint density at radius 1 is 1.14 bits per heavy atom. The number of phenols is 1. The molecule has 1 unspecified atom stereocenters. The van der Waals surface area contributed by atoms with Gasteiger partial charge in [-0.1, -0.05) is 35.3 Å². The first-order valence-electron chi connectivity index (χ1n) is 6.55. The van der Waals surface area contributed by atoms with Crippen molar-refractivity contribution in [2.45, 2.75) is 19.5 Å². The number of halogens is 2. The van der Waals surface area contributed by atoms with Crippen LogP contribution in [0.3, 0.4) is 0 Å². The fourth-order valence-corrected chi connectivity index (χ4v) is 2.29. The fourth-order valence-electron chi connectivity index (χ4n) is 1.98. The highest BCUT2D eigenvalue weighted by Crippen LogP contribution is 2.27. The topological polar surface area (TPSA) is 41.5 Å². The standard InChI is InChI=1S/C16H17Cl2NO2/c1-10(11-4-6-14(17)15(18)7-11)19-9-12-3-5-13(21-2)8-16(12)20/h3-8,10,19-20H,9H2,1-2H3. The van der Waals surface area contributed by atoms with E-state index in [2.05, 4.69) is 5.32 Å². The lowest BCUT2D eigenvalue weighted by Crippen LogP contribution is -2.18.